The quantitative estimate of drug-likeness (QED) is 0.462. The molecule has 0 aliphatic carbocycles. The number of carbonyl (C=O) groups excluding carboxylic acids is 2. The van der Waals surface area contributed by atoms with Gasteiger partial charge in [-0.1, -0.05) is 6.61 Å². The maximum atomic E-state index is 11.0. The van der Waals surface area contributed by atoms with E-state index in [0.29, 0.717) is 32.7 Å². The van der Waals surface area contributed by atoms with E-state index in [9.17, 15) is 14.7 Å². The molecule has 0 aromatic heterocycles. The van der Waals surface area contributed by atoms with E-state index in [1.54, 1.807) is 11.8 Å². The van der Waals surface area contributed by atoms with E-state index in [0.717, 1.165) is 0 Å². The predicted molar refractivity (Wildman–Crippen MR) is 48.6 cm³/mol. The first-order valence-electron chi connectivity index (χ1n) is 4.71. The second-order valence-electron chi connectivity index (χ2n) is 3.50. The van der Waals surface area contributed by atoms with Crippen molar-refractivity contribution in [3.05, 3.63) is 0 Å². The van der Waals surface area contributed by atoms with Crippen LogP contribution >= 0.6 is 0 Å². The standard InChI is InChI=1S/C9H15N2O3.K/c1-8(13)6-10-2-4-11(5-3-10)9(14)7-12;/h2-7H2,1H3;/q-1;+1. The maximum absolute atomic E-state index is 11.0. The summed E-state index contributed by atoms with van der Waals surface area (Å²) in [6.45, 7) is 3.82. The van der Waals surface area contributed by atoms with Crippen LogP contribution in [0.3, 0.4) is 0 Å². The molecule has 1 aliphatic rings. The van der Waals surface area contributed by atoms with E-state index >= 15 is 0 Å². The van der Waals surface area contributed by atoms with Gasteiger partial charge in [0, 0.05) is 26.2 Å². The molecule has 0 saturated carbocycles. The molecule has 1 heterocycles. The second-order valence-corrected chi connectivity index (χ2v) is 3.50. The first-order valence-corrected chi connectivity index (χ1v) is 4.71. The van der Waals surface area contributed by atoms with E-state index < -0.39 is 6.61 Å². The van der Waals surface area contributed by atoms with Crippen molar-refractivity contribution < 1.29 is 66.1 Å². The minimum absolute atomic E-state index is 0. The minimum atomic E-state index is -0.674. The van der Waals surface area contributed by atoms with E-state index in [1.165, 1.54) is 0 Å². The van der Waals surface area contributed by atoms with Gasteiger partial charge >= 0.3 is 51.4 Å². The van der Waals surface area contributed by atoms with E-state index in [2.05, 4.69) is 0 Å². The van der Waals surface area contributed by atoms with Gasteiger partial charge in [-0.05, 0) is 6.92 Å². The van der Waals surface area contributed by atoms with Gasteiger partial charge in [-0.2, -0.15) is 0 Å². The fraction of sp³-hybridized carbons (Fsp3) is 0.778. The third kappa shape index (κ3) is 5.53. The van der Waals surface area contributed by atoms with Crippen molar-refractivity contribution in [2.24, 2.45) is 0 Å². The average Bonchev–Trinajstić information content (AvgIpc) is 2.17. The summed E-state index contributed by atoms with van der Waals surface area (Å²) in [4.78, 5) is 25.4. The summed E-state index contributed by atoms with van der Waals surface area (Å²) in [5.41, 5.74) is 0. The van der Waals surface area contributed by atoms with Gasteiger partial charge in [-0.3, -0.25) is 14.5 Å². The molecule has 1 saturated heterocycles. The first kappa shape index (κ1) is 15.7. The Morgan fingerprint density at radius 2 is 1.73 bits per heavy atom. The Hall–Kier alpha value is 0.696. The van der Waals surface area contributed by atoms with Gasteiger partial charge in [0.25, 0.3) is 0 Å². The van der Waals surface area contributed by atoms with Crippen molar-refractivity contribution >= 4 is 11.7 Å². The Morgan fingerprint density at radius 1 is 1.20 bits per heavy atom. The Balaban J connectivity index is 0.00000196. The molecular weight excluding hydrogens is 223 g/mol. The Kier molecular flexibility index (Phi) is 8.25. The van der Waals surface area contributed by atoms with Crippen LogP contribution in [-0.2, 0) is 9.59 Å². The Labute approximate surface area is 132 Å². The van der Waals surface area contributed by atoms with Crippen LogP contribution in [0.5, 0.6) is 0 Å². The number of amides is 1. The van der Waals surface area contributed by atoms with Crippen molar-refractivity contribution in [1.82, 2.24) is 9.80 Å². The molecule has 0 bridgehead atoms. The van der Waals surface area contributed by atoms with Gasteiger partial charge < -0.3 is 10.0 Å². The van der Waals surface area contributed by atoms with Gasteiger partial charge in [0.05, 0.1) is 6.54 Å². The summed E-state index contributed by atoms with van der Waals surface area (Å²) in [7, 11) is 0. The first-order chi connectivity index (χ1) is 6.63. The Bertz CT molecular complexity index is 227. The van der Waals surface area contributed by atoms with Crippen molar-refractivity contribution in [3.63, 3.8) is 0 Å². The van der Waals surface area contributed by atoms with Crippen molar-refractivity contribution in [2.75, 3.05) is 39.3 Å². The zero-order valence-electron chi connectivity index (χ0n) is 9.36. The second kappa shape index (κ2) is 7.89. The number of hydrogen-bond donors (Lipinski definition) is 0. The molecule has 0 radical (unpaired) electrons. The molecule has 1 amide bonds. The zero-order chi connectivity index (χ0) is 10.6. The molecule has 1 rings (SSSR count). The molecule has 0 atom stereocenters. The molecule has 0 spiro atoms. The number of carbonyl (C=O) groups is 2. The fourth-order valence-electron chi connectivity index (χ4n) is 1.56. The molecule has 0 unspecified atom stereocenters. The third-order valence-corrected chi connectivity index (χ3v) is 2.29. The number of hydrogen-bond acceptors (Lipinski definition) is 4. The summed E-state index contributed by atoms with van der Waals surface area (Å²) in [5.74, 6) is -0.207. The van der Waals surface area contributed by atoms with Crippen LogP contribution in [0, 0.1) is 0 Å². The summed E-state index contributed by atoms with van der Waals surface area (Å²) < 4.78 is 0. The SMILES string of the molecule is CC(=O)CN1CCN(C(=O)C[O-])CC1.[K+]. The van der Waals surface area contributed by atoms with E-state index in [4.69, 9.17) is 0 Å². The predicted octanol–water partition coefficient (Wildman–Crippen LogP) is -4.92. The topological polar surface area (TPSA) is 63.7 Å². The summed E-state index contributed by atoms with van der Waals surface area (Å²) in [6.07, 6.45) is 0. The monoisotopic (exact) mass is 238 g/mol. The van der Waals surface area contributed by atoms with Gasteiger partial charge in [-0.25, -0.2) is 0 Å². The average molecular weight is 238 g/mol. The largest absolute Gasteiger partial charge is 1.00 e. The summed E-state index contributed by atoms with van der Waals surface area (Å²) >= 11 is 0. The van der Waals surface area contributed by atoms with Gasteiger partial charge in [0.2, 0.25) is 5.91 Å². The van der Waals surface area contributed by atoms with Crippen molar-refractivity contribution in [1.29, 1.82) is 0 Å². The zero-order valence-corrected chi connectivity index (χ0v) is 12.5. The smallest absolute Gasteiger partial charge is 0.848 e. The van der Waals surface area contributed by atoms with Crippen LogP contribution in [0.1, 0.15) is 6.92 Å². The fourth-order valence-corrected chi connectivity index (χ4v) is 1.56. The molecule has 0 aromatic carbocycles. The molecule has 6 heteroatoms. The minimum Gasteiger partial charge on any atom is -0.848 e. The van der Waals surface area contributed by atoms with Crippen LogP contribution in [-0.4, -0.2) is 60.8 Å². The molecular formula is C9H15KN2O3. The molecule has 5 nitrogen and oxygen atoms in total. The molecule has 15 heavy (non-hydrogen) atoms. The van der Waals surface area contributed by atoms with E-state index in [-0.39, 0.29) is 63.1 Å². The molecule has 1 aliphatic heterocycles. The van der Waals surface area contributed by atoms with Gasteiger partial charge in [-0.15, -0.1) is 0 Å². The number of Topliss-reactive ketones (excluding diaryl/α,β-unsaturated/α-hetero) is 1. The van der Waals surface area contributed by atoms with Crippen LogP contribution in [0.4, 0.5) is 0 Å². The number of rotatable bonds is 3. The third-order valence-electron chi connectivity index (χ3n) is 2.29. The summed E-state index contributed by atoms with van der Waals surface area (Å²) in [5, 5.41) is 10.3. The number of ketones is 1. The van der Waals surface area contributed by atoms with Crippen molar-refractivity contribution in [2.45, 2.75) is 6.92 Å². The summed E-state index contributed by atoms with van der Waals surface area (Å²) in [6, 6.07) is 0. The van der Waals surface area contributed by atoms with E-state index in [1.807, 2.05) is 4.90 Å². The number of nitrogens with zero attached hydrogens (tertiary/aromatic N) is 2. The molecule has 1 fully saturated rings. The van der Waals surface area contributed by atoms with Gasteiger partial charge in [0.15, 0.2) is 0 Å². The van der Waals surface area contributed by atoms with Crippen LogP contribution in [0.2, 0.25) is 0 Å². The molecule has 80 valence electrons. The van der Waals surface area contributed by atoms with Crippen LogP contribution in [0.15, 0.2) is 0 Å². The van der Waals surface area contributed by atoms with Crippen LogP contribution in [0.25, 0.3) is 0 Å². The van der Waals surface area contributed by atoms with Gasteiger partial charge in [0.1, 0.15) is 5.78 Å². The number of piperazine rings is 1. The molecule has 0 N–H and O–H groups in total. The normalized spacial score (nSPS) is 17.1. The van der Waals surface area contributed by atoms with Crippen LogP contribution < -0.4 is 56.5 Å². The Morgan fingerprint density at radius 3 is 2.13 bits per heavy atom. The maximum Gasteiger partial charge on any atom is 1.00 e. The van der Waals surface area contributed by atoms with Crippen molar-refractivity contribution in [3.8, 4) is 0 Å². The molecule has 0 aromatic rings.